The molecule has 1 unspecified atom stereocenters. The molecule has 1 saturated carbocycles. The molecule has 1 atom stereocenters. The fourth-order valence-corrected chi connectivity index (χ4v) is 6.70. The predicted molar refractivity (Wildman–Crippen MR) is 139 cm³/mol. The number of rotatable bonds is 6. The lowest BCUT2D eigenvalue weighted by molar-refractivity contribution is 0.0701. The topological polar surface area (TPSA) is 53.4 Å². The third kappa shape index (κ3) is 4.86. The van der Waals surface area contributed by atoms with Gasteiger partial charge >= 0.3 is 5.97 Å². The van der Waals surface area contributed by atoms with Crippen LogP contribution in [0.1, 0.15) is 65.9 Å². The summed E-state index contributed by atoms with van der Waals surface area (Å²) in [6.45, 7) is 4.17. The number of aromatic nitrogens is 1. The first-order valence-electron chi connectivity index (χ1n) is 12.4. The molecule has 1 N–H and O–H groups in total. The van der Waals surface area contributed by atoms with Gasteiger partial charge in [-0.15, -0.1) is 11.3 Å². The van der Waals surface area contributed by atoms with Crippen molar-refractivity contribution in [2.24, 2.45) is 11.8 Å². The summed E-state index contributed by atoms with van der Waals surface area (Å²) >= 11 is 1.38. The first-order valence-corrected chi connectivity index (χ1v) is 13.2. The molecule has 5 rings (SSSR count). The van der Waals surface area contributed by atoms with E-state index < -0.39 is 5.97 Å². The number of aromatic carboxylic acids is 1. The zero-order chi connectivity index (χ0) is 23.5. The number of hydrogen-bond acceptors (Lipinski definition) is 4. The maximum absolute atomic E-state index is 12.1. The van der Waals surface area contributed by atoms with Crippen molar-refractivity contribution in [2.75, 3.05) is 13.1 Å². The number of carboxylic acids is 1. The molecule has 176 valence electrons. The minimum Gasteiger partial charge on any atom is -0.477 e. The van der Waals surface area contributed by atoms with Crippen molar-refractivity contribution in [3.63, 3.8) is 0 Å². The second-order valence-corrected chi connectivity index (χ2v) is 10.8. The van der Waals surface area contributed by atoms with E-state index in [-0.39, 0.29) is 0 Å². The van der Waals surface area contributed by atoms with E-state index in [1.165, 1.54) is 42.6 Å². The highest BCUT2D eigenvalue weighted by Gasteiger charge is 2.33. The number of pyridine rings is 1. The molecular weight excluding hydrogens is 440 g/mol. The van der Waals surface area contributed by atoms with Gasteiger partial charge in [-0.2, -0.15) is 0 Å². The molecule has 1 aliphatic heterocycles. The Kier molecular flexibility index (Phi) is 6.93. The van der Waals surface area contributed by atoms with E-state index in [1.54, 1.807) is 0 Å². The summed E-state index contributed by atoms with van der Waals surface area (Å²) in [6.07, 6.45) is 12.1. The van der Waals surface area contributed by atoms with Gasteiger partial charge in [0.25, 0.3) is 0 Å². The average Bonchev–Trinajstić information content (AvgIpc) is 3.33. The number of benzene rings is 1. The maximum atomic E-state index is 12.1. The van der Waals surface area contributed by atoms with Gasteiger partial charge in [0.1, 0.15) is 4.88 Å². The average molecular weight is 473 g/mol. The lowest BCUT2D eigenvalue weighted by Gasteiger charge is -2.41. The van der Waals surface area contributed by atoms with E-state index in [0.717, 1.165) is 47.0 Å². The summed E-state index contributed by atoms with van der Waals surface area (Å²) in [5.41, 5.74) is 4.49. The molecule has 5 heteroatoms. The molecular formula is C29H32N2O2S. The molecule has 2 aliphatic rings. The van der Waals surface area contributed by atoms with Crippen LogP contribution >= 0.6 is 11.3 Å². The molecule has 0 radical (unpaired) electrons. The van der Waals surface area contributed by atoms with Crippen LogP contribution in [-0.4, -0.2) is 34.0 Å². The van der Waals surface area contributed by atoms with Gasteiger partial charge in [0.2, 0.25) is 0 Å². The van der Waals surface area contributed by atoms with Gasteiger partial charge in [0, 0.05) is 42.0 Å². The zero-order valence-electron chi connectivity index (χ0n) is 19.7. The Hall–Kier alpha value is -2.76. The summed E-state index contributed by atoms with van der Waals surface area (Å²) in [5.74, 6) is 0.652. The number of hydrogen-bond donors (Lipinski definition) is 1. The summed E-state index contributed by atoms with van der Waals surface area (Å²) in [7, 11) is 0. The third-order valence-corrected chi connectivity index (χ3v) is 8.69. The van der Waals surface area contributed by atoms with Crippen molar-refractivity contribution >= 4 is 22.9 Å². The largest absolute Gasteiger partial charge is 0.477 e. The minimum atomic E-state index is -0.837. The Morgan fingerprint density at radius 3 is 2.47 bits per heavy atom. The van der Waals surface area contributed by atoms with E-state index >= 15 is 0 Å². The van der Waals surface area contributed by atoms with E-state index in [1.807, 2.05) is 42.7 Å². The van der Waals surface area contributed by atoms with Crippen LogP contribution in [0.5, 0.6) is 0 Å². The predicted octanol–water partition coefficient (Wildman–Crippen LogP) is 7.17. The zero-order valence-corrected chi connectivity index (χ0v) is 20.5. The lowest BCUT2D eigenvalue weighted by atomic mass is 9.76. The van der Waals surface area contributed by atoms with E-state index in [4.69, 9.17) is 0 Å². The van der Waals surface area contributed by atoms with Gasteiger partial charge in [-0.05, 0) is 66.0 Å². The second kappa shape index (κ2) is 10.2. The molecule has 2 aromatic heterocycles. The first-order chi connectivity index (χ1) is 16.6. The summed E-state index contributed by atoms with van der Waals surface area (Å²) in [6, 6.07) is 16.9. The Labute approximate surface area is 206 Å². The van der Waals surface area contributed by atoms with Crippen molar-refractivity contribution < 1.29 is 9.90 Å². The minimum absolute atomic E-state index is 0.398. The Morgan fingerprint density at radius 1 is 1.09 bits per heavy atom. The highest BCUT2D eigenvalue weighted by Crippen LogP contribution is 2.42. The van der Waals surface area contributed by atoms with Gasteiger partial charge in [-0.3, -0.25) is 9.88 Å². The molecule has 0 spiro atoms. The van der Waals surface area contributed by atoms with Crippen LogP contribution in [-0.2, 0) is 0 Å². The van der Waals surface area contributed by atoms with Gasteiger partial charge in [-0.25, -0.2) is 4.79 Å². The van der Waals surface area contributed by atoms with Crippen molar-refractivity contribution in [3.05, 3.63) is 83.0 Å². The fourth-order valence-electron chi connectivity index (χ4n) is 5.66. The van der Waals surface area contributed by atoms with E-state index in [0.29, 0.717) is 16.8 Å². The number of thiophene rings is 1. The van der Waals surface area contributed by atoms with Gasteiger partial charge in [0.15, 0.2) is 0 Å². The Bertz CT molecular complexity index is 1150. The molecule has 3 heterocycles. The normalized spacial score (nSPS) is 22.2. The molecule has 1 aromatic carbocycles. The van der Waals surface area contributed by atoms with Crippen molar-refractivity contribution in [3.8, 4) is 10.4 Å². The third-order valence-electron chi connectivity index (χ3n) is 7.52. The van der Waals surface area contributed by atoms with E-state index in [9.17, 15) is 9.90 Å². The van der Waals surface area contributed by atoms with Crippen LogP contribution in [0.4, 0.5) is 0 Å². The summed E-state index contributed by atoms with van der Waals surface area (Å²) in [4.78, 5) is 20.4. The summed E-state index contributed by atoms with van der Waals surface area (Å²) in [5, 5.41) is 9.90. The van der Waals surface area contributed by atoms with E-state index in [2.05, 4.69) is 41.1 Å². The van der Waals surface area contributed by atoms with Gasteiger partial charge < -0.3 is 5.11 Å². The van der Waals surface area contributed by atoms with Crippen LogP contribution in [0.2, 0.25) is 0 Å². The van der Waals surface area contributed by atoms with Crippen LogP contribution in [0.3, 0.4) is 0 Å². The molecule has 4 nitrogen and oxygen atoms in total. The van der Waals surface area contributed by atoms with Crippen LogP contribution in [0, 0.1) is 11.8 Å². The molecule has 0 saturated heterocycles. The second-order valence-electron chi connectivity index (χ2n) is 9.74. The number of carbonyl (C=O) groups is 1. The molecule has 1 fully saturated rings. The molecule has 1 aliphatic carbocycles. The molecule has 34 heavy (non-hydrogen) atoms. The van der Waals surface area contributed by atoms with Crippen LogP contribution in [0.15, 0.2) is 67.0 Å². The van der Waals surface area contributed by atoms with Crippen LogP contribution < -0.4 is 0 Å². The monoisotopic (exact) mass is 472 g/mol. The quantitative estimate of drug-likeness (QED) is 0.413. The van der Waals surface area contributed by atoms with Crippen molar-refractivity contribution in [1.29, 1.82) is 0 Å². The first kappa shape index (κ1) is 23.0. The highest BCUT2D eigenvalue weighted by atomic mass is 32.1. The van der Waals surface area contributed by atoms with Gasteiger partial charge in [0.05, 0.1) is 0 Å². The van der Waals surface area contributed by atoms with Crippen molar-refractivity contribution in [1.82, 2.24) is 9.88 Å². The molecule has 0 amide bonds. The van der Waals surface area contributed by atoms with Crippen LogP contribution in [0.25, 0.3) is 16.0 Å². The molecule has 0 bridgehead atoms. The maximum Gasteiger partial charge on any atom is 0.346 e. The fraction of sp³-hybridized carbons (Fsp3) is 0.379. The Balaban J connectivity index is 1.41. The summed E-state index contributed by atoms with van der Waals surface area (Å²) < 4.78 is 0. The molecule has 3 aromatic rings. The SMILES string of the molecule is CC1CCC(C(c2ccncc2)N2CC=C(c3cc(-c4ccccc4)sc3C(=O)O)CC2)CC1. The number of nitrogens with zero attached hydrogens (tertiary/aromatic N) is 2. The number of carboxylic acid groups (broad SMARTS) is 1. The standard InChI is InChI=1S/C29H32N2O2S/c1-20-7-9-23(10-8-20)27(24-11-15-30-16-12-24)31-17-13-21(14-18-31)25-19-26(34-28(25)29(32)33)22-5-3-2-4-6-22/h2-6,11-13,15-16,19-20,23,27H,7-10,14,17-18H2,1H3,(H,32,33). The van der Waals surface area contributed by atoms with Gasteiger partial charge in [-0.1, -0.05) is 56.2 Å². The highest BCUT2D eigenvalue weighted by molar-refractivity contribution is 7.17. The Morgan fingerprint density at radius 2 is 1.82 bits per heavy atom. The lowest BCUT2D eigenvalue weighted by Crippen LogP contribution is -2.38. The van der Waals surface area contributed by atoms with Crippen molar-refractivity contribution in [2.45, 2.75) is 45.1 Å². The smallest absolute Gasteiger partial charge is 0.346 e.